The first-order valence-electron chi connectivity index (χ1n) is 8.74. The van der Waals surface area contributed by atoms with Gasteiger partial charge in [0.25, 0.3) is 11.6 Å². The number of anilines is 1. The average molecular weight is 378 g/mol. The number of nitro groups is 1. The van der Waals surface area contributed by atoms with Gasteiger partial charge in [-0.1, -0.05) is 0 Å². The first kappa shape index (κ1) is 19.0. The van der Waals surface area contributed by atoms with E-state index in [4.69, 9.17) is 5.26 Å². The molecule has 1 heterocycles. The highest BCUT2D eigenvalue weighted by atomic mass is 16.6. The summed E-state index contributed by atoms with van der Waals surface area (Å²) in [6, 6.07) is 12.6. The molecule has 2 aromatic rings. The Morgan fingerprint density at radius 2 is 1.71 bits per heavy atom. The maximum absolute atomic E-state index is 12.6. The molecule has 8 nitrogen and oxygen atoms in total. The second-order valence-corrected chi connectivity index (χ2v) is 6.48. The van der Waals surface area contributed by atoms with Gasteiger partial charge in [0.2, 0.25) is 0 Å². The molecule has 28 heavy (non-hydrogen) atoms. The van der Waals surface area contributed by atoms with Crippen molar-refractivity contribution in [3.8, 4) is 6.07 Å². The fraction of sp³-hybridized carbons (Fsp3) is 0.250. The van der Waals surface area contributed by atoms with Crippen molar-refractivity contribution in [1.29, 1.82) is 5.26 Å². The minimum atomic E-state index is -0.505. The van der Waals surface area contributed by atoms with Gasteiger partial charge in [0.05, 0.1) is 16.6 Å². The SMILES string of the molecule is CC(=O)c1ccc(C#N)cc1N1CCN(C(=O)c2ccc([N+](=O)[O-])cc2)CC1. The average Bonchev–Trinajstić information content (AvgIpc) is 2.72. The zero-order valence-corrected chi connectivity index (χ0v) is 15.3. The van der Waals surface area contributed by atoms with Crippen molar-refractivity contribution in [2.45, 2.75) is 6.92 Å². The first-order valence-corrected chi connectivity index (χ1v) is 8.74. The number of benzene rings is 2. The molecule has 1 aliphatic rings. The summed E-state index contributed by atoms with van der Waals surface area (Å²) < 4.78 is 0. The van der Waals surface area contributed by atoms with Crippen molar-refractivity contribution >= 4 is 23.1 Å². The molecule has 0 N–H and O–H groups in total. The molecular weight excluding hydrogens is 360 g/mol. The van der Waals surface area contributed by atoms with Crippen molar-refractivity contribution < 1.29 is 14.5 Å². The number of non-ortho nitro benzene ring substituents is 1. The van der Waals surface area contributed by atoms with Gasteiger partial charge in [0, 0.05) is 55.1 Å². The lowest BCUT2D eigenvalue weighted by Gasteiger charge is -2.37. The molecule has 0 atom stereocenters. The van der Waals surface area contributed by atoms with Crippen LogP contribution in [0.4, 0.5) is 11.4 Å². The molecule has 1 saturated heterocycles. The summed E-state index contributed by atoms with van der Waals surface area (Å²) in [7, 11) is 0. The van der Waals surface area contributed by atoms with E-state index in [1.165, 1.54) is 31.2 Å². The summed E-state index contributed by atoms with van der Waals surface area (Å²) >= 11 is 0. The van der Waals surface area contributed by atoms with E-state index >= 15 is 0 Å². The second-order valence-electron chi connectivity index (χ2n) is 6.48. The number of hydrogen-bond donors (Lipinski definition) is 0. The van der Waals surface area contributed by atoms with Crippen molar-refractivity contribution in [2.75, 3.05) is 31.1 Å². The molecule has 3 rings (SSSR count). The van der Waals surface area contributed by atoms with Crippen LogP contribution < -0.4 is 4.90 Å². The lowest BCUT2D eigenvalue weighted by Crippen LogP contribution is -2.49. The number of ketones is 1. The maximum atomic E-state index is 12.6. The molecule has 1 aliphatic heterocycles. The van der Waals surface area contributed by atoms with E-state index in [0.29, 0.717) is 48.6 Å². The number of piperazine rings is 1. The van der Waals surface area contributed by atoms with E-state index < -0.39 is 4.92 Å². The molecule has 1 amide bonds. The monoisotopic (exact) mass is 378 g/mol. The molecule has 2 aromatic carbocycles. The van der Waals surface area contributed by atoms with Gasteiger partial charge in [0.1, 0.15) is 0 Å². The summed E-state index contributed by atoms with van der Waals surface area (Å²) in [5.41, 5.74) is 2.07. The van der Waals surface area contributed by atoms with Crippen molar-refractivity contribution in [3.05, 3.63) is 69.3 Å². The van der Waals surface area contributed by atoms with Gasteiger partial charge in [0.15, 0.2) is 5.78 Å². The topological polar surface area (TPSA) is 108 Å². The van der Waals surface area contributed by atoms with Crippen LogP contribution in [0.3, 0.4) is 0 Å². The minimum absolute atomic E-state index is 0.0597. The van der Waals surface area contributed by atoms with Gasteiger partial charge in [-0.15, -0.1) is 0 Å². The number of carbonyl (C=O) groups is 2. The summed E-state index contributed by atoms with van der Waals surface area (Å²) in [4.78, 5) is 38.5. The van der Waals surface area contributed by atoms with Gasteiger partial charge in [-0.2, -0.15) is 5.26 Å². The van der Waals surface area contributed by atoms with Crippen LogP contribution in [0.2, 0.25) is 0 Å². The fourth-order valence-electron chi connectivity index (χ4n) is 3.22. The third kappa shape index (κ3) is 3.83. The highest BCUT2D eigenvalue weighted by Gasteiger charge is 2.24. The molecule has 0 spiro atoms. The molecule has 0 radical (unpaired) electrons. The molecule has 0 unspecified atom stereocenters. The quantitative estimate of drug-likeness (QED) is 0.460. The smallest absolute Gasteiger partial charge is 0.269 e. The molecule has 8 heteroatoms. The van der Waals surface area contributed by atoms with E-state index in [0.717, 1.165) is 0 Å². The predicted molar refractivity (Wildman–Crippen MR) is 102 cm³/mol. The van der Waals surface area contributed by atoms with Crippen LogP contribution in [0.25, 0.3) is 0 Å². The maximum Gasteiger partial charge on any atom is 0.269 e. The Kier molecular flexibility index (Phi) is 5.36. The lowest BCUT2D eigenvalue weighted by atomic mass is 10.0. The van der Waals surface area contributed by atoms with Crippen LogP contribution in [0.15, 0.2) is 42.5 Å². The van der Waals surface area contributed by atoms with E-state index in [2.05, 4.69) is 6.07 Å². The number of carbonyl (C=O) groups excluding carboxylic acids is 2. The number of hydrogen-bond acceptors (Lipinski definition) is 6. The van der Waals surface area contributed by atoms with Crippen molar-refractivity contribution in [3.63, 3.8) is 0 Å². The van der Waals surface area contributed by atoms with E-state index in [-0.39, 0.29) is 17.4 Å². The molecule has 0 saturated carbocycles. The Morgan fingerprint density at radius 1 is 1.07 bits per heavy atom. The van der Waals surface area contributed by atoms with Crippen LogP contribution in [0.1, 0.15) is 33.2 Å². The largest absolute Gasteiger partial charge is 0.367 e. The number of rotatable bonds is 4. The van der Waals surface area contributed by atoms with Gasteiger partial charge in [-0.3, -0.25) is 19.7 Å². The van der Waals surface area contributed by atoms with Gasteiger partial charge in [-0.25, -0.2) is 0 Å². The number of Topliss-reactive ketones (excluding diaryl/α,β-unsaturated/α-hetero) is 1. The lowest BCUT2D eigenvalue weighted by molar-refractivity contribution is -0.384. The summed E-state index contributed by atoms with van der Waals surface area (Å²) in [5.74, 6) is -0.268. The molecule has 0 aromatic heterocycles. The summed E-state index contributed by atoms with van der Waals surface area (Å²) in [6.07, 6.45) is 0. The Morgan fingerprint density at radius 3 is 2.25 bits per heavy atom. The van der Waals surface area contributed by atoms with E-state index in [1.54, 1.807) is 23.1 Å². The van der Waals surface area contributed by atoms with Crippen LogP contribution in [-0.2, 0) is 0 Å². The van der Waals surface area contributed by atoms with Gasteiger partial charge >= 0.3 is 0 Å². The van der Waals surface area contributed by atoms with Gasteiger partial charge in [-0.05, 0) is 37.3 Å². The van der Waals surface area contributed by atoms with Crippen molar-refractivity contribution in [2.24, 2.45) is 0 Å². The second kappa shape index (κ2) is 7.88. The zero-order valence-electron chi connectivity index (χ0n) is 15.3. The molecule has 0 bridgehead atoms. The van der Waals surface area contributed by atoms with E-state index in [1.807, 2.05) is 4.90 Å². The number of nitrogens with zero attached hydrogens (tertiary/aromatic N) is 4. The molecular formula is C20H18N4O4. The van der Waals surface area contributed by atoms with Crippen LogP contribution in [0.5, 0.6) is 0 Å². The number of amides is 1. The van der Waals surface area contributed by atoms with Crippen LogP contribution in [-0.4, -0.2) is 47.7 Å². The summed E-state index contributed by atoms with van der Waals surface area (Å²) in [5, 5.41) is 19.9. The van der Waals surface area contributed by atoms with Gasteiger partial charge < -0.3 is 9.80 Å². The Labute approximate surface area is 161 Å². The highest BCUT2D eigenvalue weighted by molar-refractivity contribution is 6.00. The number of nitro benzene ring substituents is 1. The van der Waals surface area contributed by atoms with Crippen molar-refractivity contribution in [1.82, 2.24) is 4.90 Å². The van der Waals surface area contributed by atoms with E-state index in [9.17, 15) is 19.7 Å². The Hall–Kier alpha value is -3.73. The third-order valence-corrected chi connectivity index (χ3v) is 4.74. The number of nitriles is 1. The Bertz CT molecular complexity index is 971. The standard InChI is InChI=1S/C20H18N4O4/c1-14(25)18-7-2-15(13-21)12-19(18)22-8-10-23(11-9-22)20(26)16-3-5-17(6-4-16)24(27)28/h2-7,12H,8-11H2,1H3. The normalized spacial score (nSPS) is 13.7. The third-order valence-electron chi connectivity index (χ3n) is 4.74. The first-order chi connectivity index (χ1) is 13.4. The molecule has 0 aliphatic carbocycles. The molecule has 142 valence electrons. The highest BCUT2D eigenvalue weighted by Crippen LogP contribution is 2.25. The Balaban J connectivity index is 1.72. The van der Waals surface area contributed by atoms with Crippen LogP contribution >= 0.6 is 0 Å². The zero-order chi connectivity index (χ0) is 20.3. The predicted octanol–water partition coefficient (Wildman–Crippen LogP) is 2.63. The fourth-order valence-corrected chi connectivity index (χ4v) is 3.22. The summed E-state index contributed by atoms with van der Waals surface area (Å²) in [6.45, 7) is 3.43. The molecule has 1 fully saturated rings. The van der Waals surface area contributed by atoms with Crippen LogP contribution in [0, 0.1) is 21.4 Å². The minimum Gasteiger partial charge on any atom is -0.367 e.